The Labute approximate surface area is 208 Å². The van der Waals surface area contributed by atoms with Crippen molar-refractivity contribution >= 4 is 23.1 Å². The molecule has 35 heavy (non-hydrogen) atoms. The number of anilines is 2. The fourth-order valence-electron chi connectivity index (χ4n) is 5.68. The number of para-hydroxylation sites is 1. The number of hydrogen-bond acceptors (Lipinski definition) is 3. The van der Waals surface area contributed by atoms with E-state index < -0.39 is 0 Å². The lowest BCUT2D eigenvalue weighted by Crippen LogP contribution is -2.42. The number of nitrogens with one attached hydrogen (secondary N) is 1. The summed E-state index contributed by atoms with van der Waals surface area (Å²) in [6.45, 7) is 5.59. The smallest absolute Gasteiger partial charge is 0.239 e. The Morgan fingerprint density at radius 1 is 0.971 bits per heavy atom. The van der Waals surface area contributed by atoms with Crippen LogP contribution in [-0.2, 0) is 17.8 Å². The lowest BCUT2D eigenvalue weighted by Gasteiger charge is -2.39. The van der Waals surface area contributed by atoms with Crippen LogP contribution in [0.2, 0.25) is 0 Å². The first-order valence-electron chi connectivity index (χ1n) is 12.6. The number of hydrogen-bond donors (Lipinski definition) is 2. The molecule has 3 aromatic carbocycles. The van der Waals surface area contributed by atoms with Crippen LogP contribution in [0, 0.1) is 5.41 Å². The Morgan fingerprint density at radius 3 is 2.40 bits per heavy atom. The Hall–Kier alpha value is -3.44. The molecular formula is C30H34N4O. The van der Waals surface area contributed by atoms with Crippen LogP contribution in [0.5, 0.6) is 0 Å². The van der Waals surface area contributed by atoms with E-state index in [2.05, 4.69) is 49.1 Å². The number of nitrogen functional groups attached to an aromatic ring is 1. The number of rotatable bonds is 5. The number of carbonyl (C=O) groups is 1. The highest BCUT2D eigenvalue weighted by Crippen LogP contribution is 2.40. The van der Waals surface area contributed by atoms with Gasteiger partial charge in [0.25, 0.3) is 0 Å². The molecule has 1 fully saturated rings. The van der Waals surface area contributed by atoms with Crippen LogP contribution in [0.25, 0.3) is 0 Å². The molecule has 5 heteroatoms. The maximum absolute atomic E-state index is 13.9. The van der Waals surface area contributed by atoms with Gasteiger partial charge in [-0.05, 0) is 74.1 Å². The zero-order valence-corrected chi connectivity index (χ0v) is 20.6. The predicted octanol–water partition coefficient (Wildman–Crippen LogP) is 5.74. The van der Waals surface area contributed by atoms with Gasteiger partial charge in [-0.15, -0.1) is 0 Å². The van der Waals surface area contributed by atoms with Crippen LogP contribution in [0.3, 0.4) is 0 Å². The van der Waals surface area contributed by atoms with E-state index in [1.54, 1.807) is 0 Å². The summed E-state index contributed by atoms with van der Waals surface area (Å²) in [5, 5.41) is 7.80. The zero-order chi connectivity index (χ0) is 24.5. The van der Waals surface area contributed by atoms with Gasteiger partial charge in [-0.25, -0.2) is 0 Å². The molecule has 3 atom stereocenters. The number of nitrogens with zero attached hydrogens (tertiary/aromatic N) is 2. The standard InChI is InChI=1S/C30H34N4O/c1-20-7-5-8-21(2)33(20)19-22-13-15-26(16-14-22)34-28-12-4-3-9-24(28)18-27(30(34)35)23-10-6-11-25(17-23)29(31)32/h3-4,6,9-17,20-21,27H,5,7-8,18-19H2,1-2H3,(H3,31,32)/t20-,21+,27?. The first-order valence-corrected chi connectivity index (χ1v) is 12.6. The molecule has 0 radical (unpaired) electrons. The molecular weight excluding hydrogens is 432 g/mol. The van der Waals surface area contributed by atoms with Gasteiger partial charge in [0, 0.05) is 29.9 Å². The number of fused-ring (bicyclic) bond motifs is 1. The molecule has 0 aromatic heterocycles. The Kier molecular flexibility index (Phi) is 6.44. The summed E-state index contributed by atoms with van der Waals surface area (Å²) in [5.74, 6) is -0.255. The molecule has 1 amide bonds. The molecule has 3 N–H and O–H groups in total. The van der Waals surface area contributed by atoms with Gasteiger partial charge >= 0.3 is 0 Å². The van der Waals surface area contributed by atoms with Crippen LogP contribution < -0.4 is 10.6 Å². The Bertz CT molecular complexity index is 1230. The molecule has 2 aliphatic heterocycles. The maximum atomic E-state index is 13.9. The van der Waals surface area contributed by atoms with Crippen LogP contribution in [0.1, 0.15) is 61.3 Å². The molecule has 5 rings (SSSR count). The highest BCUT2D eigenvalue weighted by Gasteiger charge is 2.35. The summed E-state index contributed by atoms with van der Waals surface area (Å²) in [4.78, 5) is 18.3. The van der Waals surface area contributed by atoms with Crippen molar-refractivity contribution in [3.8, 4) is 0 Å². The molecule has 0 saturated carbocycles. The normalized spacial score (nSPS) is 22.6. The fraction of sp³-hybridized carbons (Fsp3) is 0.333. The minimum atomic E-state index is -0.320. The van der Waals surface area contributed by atoms with Gasteiger partial charge in [-0.2, -0.15) is 0 Å². The van der Waals surface area contributed by atoms with E-state index in [4.69, 9.17) is 11.1 Å². The van der Waals surface area contributed by atoms with E-state index in [1.165, 1.54) is 24.8 Å². The van der Waals surface area contributed by atoms with Crippen molar-refractivity contribution in [1.29, 1.82) is 5.41 Å². The molecule has 5 nitrogen and oxygen atoms in total. The van der Waals surface area contributed by atoms with Gasteiger partial charge in [-0.1, -0.05) is 55.0 Å². The second kappa shape index (κ2) is 9.67. The van der Waals surface area contributed by atoms with Gasteiger partial charge in [0.15, 0.2) is 0 Å². The third-order valence-electron chi connectivity index (χ3n) is 7.71. The number of piperidine rings is 1. The largest absolute Gasteiger partial charge is 0.384 e. The number of carbonyl (C=O) groups excluding carboxylic acids is 1. The van der Waals surface area contributed by atoms with Crippen molar-refractivity contribution in [2.24, 2.45) is 5.73 Å². The van der Waals surface area contributed by atoms with Gasteiger partial charge in [0.2, 0.25) is 5.91 Å². The van der Waals surface area contributed by atoms with Gasteiger partial charge < -0.3 is 5.73 Å². The number of benzene rings is 3. The Balaban J connectivity index is 1.46. The average Bonchev–Trinajstić information content (AvgIpc) is 2.86. The number of nitrogens with two attached hydrogens (primary N) is 1. The number of amides is 1. The van der Waals surface area contributed by atoms with Crippen molar-refractivity contribution in [2.75, 3.05) is 4.90 Å². The zero-order valence-electron chi connectivity index (χ0n) is 20.6. The second-order valence-corrected chi connectivity index (χ2v) is 10.1. The Morgan fingerprint density at radius 2 is 1.69 bits per heavy atom. The SMILES string of the molecule is C[C@@H]1CCC[C@H](C)N1Cc1ccc(N2C(=O)C(c3cccc(C(=N)N)c3)Cc3ccccc32)cc1. The molecule has 3 aromatic rings. The highest BCUT2D eigenvalue weighted by molar-refractivity contribution is 6.07. The highest BCUT2D eigenvalue weighted by atomic mass is 16.2. The van der Waals surface area contributed by atoms with E-state index in [0.29, 0.717) is 24.1 Å². The van der Waals surface area contributed by atoms with Crippen molar-refractivity contribution in [2.45, 2.75) is 64.1 Å². The van der Waals surface area contributed by atoms with Gasteiger partial charge in [-0.3, -0.25) is 20.0 Å². The molecule has 1 saturated heterocycles. The van der Waals surface area contributed by atoms with Gasteiger partial charge in [0.1, 0.15) is 5.84 Å². The van der Waals surface area contributed by atoms with E-state index >= 15 is 0 Å². The third-order valence-corrected chi connectivity index (χ3v) is 7.71. The summed E-state index contributed by atoms with van der Waals surface area (Å²) in [6.07, 6.45) is 4.46. The molecule has 0 spiro atoms. The maximum Gasteiger partial charge on any atom is 0.239 e. The molecule has 0 bridgehead atoms. The first-order chi connectivity index (χ1) is 16.9. The quantitative estimate of drug-likeness (QED) is 0.372. The first kappa shape index (κ1) is 23.3. The van der Waals surface area contributed by atoms with Crippen LogP contribution in [0.15, 0.2) is 72.8 Å². The van der Waals surface area contributed by atoms with Gasteiger partial charge in [0.05, 0.1) is 11.6 Å². The van der Waals surface area contributed by atoms with Crippen molar-refractivity contribution in [3.05, 3.63) is 95.1 Å². The number of likely N-dealkylation sites (tertiary alicyclic amines) is 1. The summed E-state index contributed by atoms with van der Waals surface area (Å²) >= 11 is 0. The topological polar surface area (TPSA) is 73.4 Å². The van der Waals surface area contributed by atoms with Crippen molar-refractivity contribution in [3.63, 3.8) is 0 Å². The van der Waals surface area contributed by atoms with Crippen LogP contribution >= 0.6 is 0 Å². The van der Waals surface area contributed by atoms with Crippen LogP contribution in [0.4, 0.5) is 11.4 Å². The molecule has 2 aliphatic rings. The van der Waals surface area contributed by atoms with E-state index in [-0.39, 0.29) is 17.7 Å². The fourth-order valence-corrected chi connectivity index (χ4v) is 5.68. The predicted molar refractivity (Wildman–Crippen MR) is 142 cm³/mol. The minimum Gasteiger partial charge on any atom is -0.384 e. The molecule has 180 valence electrons. The van der Waals surface area contributed by atoms with Crippen molar-refractivity contribution in [1.82, 2.24) is 4.90 Å². The third kappa shape index (κ3) is 4.61. The molecule has 0 aliphatic carbocycles. The van der Waals surface area contributed by atoms with Crippen LogP contribution in [-0.4, -0.2) is 28.7 Å². The molecule has 1 unspecified atom stereocenters. The van der Waals surface area contributed by atoms with E-state index in [1.807, 2.05) is 47.4 Å². The number of amidine groups is 1. The minimum absolute atomic E-state index is 0.0142. The summed E-state index contributed by atoms with van der Waals surface area (Å²) in [6, 6.07) is 25.4. The lowest BCUT2D eigenvalue weighted by atomic mass is 9.85. The monoisotopic (exact) mass is 466 g/mol. The van der Waals surface area contributed by atoms with E-state index in [0.717, 1.165) is 29.0 Å². The molecule has 2 heterocycles. The van der Waals surface area contributed by atoms with Crippen molar-refractivity contribution < 1.29 is 4.79 Å². The summed E-state index contributed by atoms with van der Waals surface area (Å²) in [5.41, 5.74) is 11.5. The summed E-state index contributed by atoms with van der Waals surface area (Å²) < 4.78 is 0. The summed E-state index contributed by atoms with van der Waals surface area (Å²) in [7, 11) is 0. The lowest BCUT2D eigenvalue weighted by molar-refractivity contribution is -0.119. The second-order valence-electron chi connectivity index (χ2n) is 10.1. The average molecular weight is 467 g/mol. The van der Waals surface area contributed by atoms with E-state index in [9.17, 15) is 4.79 Å².